The van der Waals surface area contributed by atoms with Gasteiger partial charge in [-0.3, -0.25) is 4.79 Å². The van der Waals surface area contributed by atoms with Crippen molar-refractivity contribution in [3.8, 4) is 11.5 Å². The van der Waals surface area contributed by atoms with Crippen LogP contribution < -0.4 is 14.8 Å². The number of carbonyl (C=O) groups is 2. The lowest BCUT2D eigenvalue weighted by Gasteiger charge is -2.19. The van der Waals surface area contributed by atoms with Gasteiger partial charge in [0.2, 0.25) is 0 Å². The summed E-state index contributed by atoms with van der Waals surface area (Å²) in [7, 11) is 0. The van der Waals surface area contributed by atoms with E-state index < -0.39 is 23.8 Å². The van der Waals surface area contributed by atoms with Crippen molar-refractivity contribution < 1.29 is 28.2 Å². The van der Waals surface area contributed by atoms with Gasteiger partial charge in [-0.15, -0.1) is 0 Å². The van der Waals surface area contributed by atoms with Crippen molar-refractivity contribution in [1.82, 2.24) is 0 Å². The molecule has 1 amide bonds. The van der Waals surface area contributed by atoms with Crippen LogP contribution in [0.15, 0.2) is 36.4 Å². The Bertz CT molecular complexity index is 857. The molecule has 0 radical (unpaired) electrons. The average molecular weight is 380 g/mol. The van der Waals surface area contributed by atoms with Crippen molar-refractivity contribution in [1.29, 1.82) is 0 Å². The summed E-state index contributed by atoms with van der Waals surface area (Å²) in [6.07, 6.45) is -1.09. The number of halogens is 2. The predicted molar refractivity (Wildman–Crippen MR) is 92.3 cm³/mol. The van der Waals surface area contributed by atoms with Gasteiger partial charge in [0, 0.05) is 0 Å². The lowest BCUT2D eigenvalue weighted by atomic mass is 10.2. The van der Waals surface area contributed by atoms with Crippen LogP contribution in [0.1, 0.15) is 17.3 Å². The Balaban J connectivity index is 1.64. The molecule has 6 nitrogen and oxygen atoms in total. The number of ether oxygens (including phenoxy) is 3. The number of hydrogen-bond acceptors (Lipinski definition) is 5. The van der Waals surface area contributed by atoms with Gasteiger partial charge < -0.3 is 19.5 Å². The molecule has 1 atom stereocenters. The Hall–Kier alpha value is -2.80. The fraction of sp³-hybridized carbons (Fsp3) is 0.222. The molecule has 0 bridgehead atoms. The third kappa shape index (κ3) is 4.05. The van der Waals surface area contributed by atoms with E-state index in [4.69, 9.17) is 25.8 Å². The molecule has 26 heavy (non-hydrogen) atoms. The molecule has 0 aliphatic carbocycles. The second-order valence-electron chi connectivity index (χ2n) is 5.52. The van der Waals surface area contributed by atoms with Crippen LogP contribution in [-0.2, 0) is 9.53 Å². The predicted octanol–water partition coefficient (Wildman–Crippen LogP) is 3.43. The maximum absolute atomic E-state index is 13.0. The van der Waals surface area contributed by atoms with E-state index in [0.29, 0.717) is 24.7 Å². The molecule has 2 aromatic rings. The molecule has 136 valence electrons. The molecule has 0 spiro atoms. The summed E-state index contributed by atoms with van der Waals surface area (Å²) in [4.78, 5) is 24.4. The number of amides is 1. The SMILES string of the molecule is C[C@@H](OC(=O)c1ccc2c(c1)OCCO2)C(=O)Nc1ccc(F)cc1Cl. The minimum Gasteiger partial charge on any atom is -0.486 e. The van der Waals surface area contributed by atoms with Gasteiger partial charge in [-0.2, -0.15) is 0 Å². The second kappa shape index (κ2) is 7.61. The summed E-state index contributed by atoms with van der Waals surface area (Å²) in [5.74, 6) is -0.809. The summed E-state index contributed by atoms with van der Waals surface area (Å²) in [6.45, 7) is 2.26. The number of carbonyl (C=O) groups excluding carboxylic acids is 2. The second-order valence-corrected chi connectivity index (χ2v) is 5.93. The summed E-state index contributed by atoms with van der Waals surface area (Å²) >= 11 is 5.86. The summed E-state index contributed by atoms with van der Waals surface area (Å²) < 4.78 is 29.0. The van der Waals surface area contributed by atoms with Crippen LogP contribution in [0.4, 0.5) is 10.1 Å². The fourth-order valence-electron chi connectivity index (χ4n) is 2.28. The molecule has 0 saturated heterocycles. The van der Waals surface area contributed by atoms with Crippen LogP contribution >= 0.6 is 11.6 Å². The van der Waals surface area contributed by atoms with Gasteiger partial charge in [-0.05, 0) is 43.3 Å². The number of benzene rings is 2. The van der Waals surface area contributed by atoms with Gasteiger partial charge in [0.1, 0.15) is 19.0 Å². The van der Waals surface area contributed by atoms with Crippen LogP contribution in [0.25, 0.3) is 0 Å². The zero-order chi connectivity index (χ0) is 18.7. The molecule has 3 rings (SSSR count). The van der Waals surface area contributed by atoms with Crippen molar-refractivity contribution in [2.24, 2.45) is 0 Å². The summed E-state index contributed by atoms with van der Waals surface area (Å²) in [5, 5.41) is 2.53. The Labute approximate surface area is 153 Å². The zero-order valence-electron chi connectivity index (χ0n) is 13.8. The van der Waals surface area contributed by atoms with E-state index in [1.807, 2.05) is 0 Å². The first-order valence-electron chi connectivity index (χ1n) is 7.80. The number of rotatable bonds is 4. The molecule has 1 heterocycles. The van der Waals surface area contributed by atoms with Gasteiger partial charge in [0.05, 0.1) is 16.3 Å². The fourth-order valence-corrected chi connectivity index (χ4v) is 2.49. The topological polar surface area (TPSA) is 73.9 Å². The van der Waals surface area contributed by atoms with E-state index in [1.54, 1.807) is 6.07 Å². The van der Waals surface area contributed by atoms with Crippen molar-refractivity contribution in [3.63, 3.8) is 0 Å². The number of anilines is 1. The first-order chi connectivity index (χ1) is 12.4. The normalized spacial score (nSPS) is 13.7. The van der Waals surface area contributed by atoms with Crippen LogP contribution in [-0.4, -0.2) is 31.2 Å². The number of nitrogens with one attached hydrogen (secondary N) is 1. The monoisotopic (exact) mass is 379 g/mol. The average Bonchev–Trinajstić information content (AvgIpc) is 2.63. The third-order valence-electron chi connectivity index (χ3n) is 3.62. The van der Waals surface area contributed by atoms with E-state index in [1.165, 1.54) is 25.1 Å². The van der Waals surface area contributed by atoms with Crippen LogP contribution in [0, 0.1) is 5.82 Å². The molecule has 0 aromatic heterocycles. The minimum absolute atomic E-state index is 0.0451. The van der Waals surface area contributed by atoms with Crippen LogP contribution in [0.3, 0.4) is 0 Å². The molecule has 8 heteroatoms. The Morgan fingerprint density at radius 3 is 2.62 bits per heavy atom. The maximum Gasteiger partial charge on any atom is 0.339 e. The lowest BCUT2D eigenvalue weighted by molar-refractivity contribution is -0.123. The molecule has 0 fully saturated rings. The Kier molecular flexibility index (Phi) is 5.27. The highest BCUT2D eigenvalue weighted by Gasteiger charge is 2.21. The van der Waals surface area contributed by atoms with Gasteiger partial charge in [-0.1, -0.05) is 11.6 Å². The minimum atomic E-state index is -1.09. The number of hydrogen-bond donors (Lipinski definition) is 1. The molecule has 0 unspecified atom stereocenters. The van der Waals surface area contributed by atoms with Crippen LogP contribution in [0.5, 0.6) is 11.5 Å². The highest BCUT2D eigenvalue weighted by molar-refractivity contribution is 6.33. The highest BCUT2D eigenvalue weighted by Crippen LogP contribution is 2.31. The third-order valence-corrected chi connectivity index (χ3v) is 3.93. The van der Waals surface area contributed by atoms with Crippen molar-refractivity contribution in [2.75, 3.05) is 18.5 Å². The molecule has 1 N–H and O–H groups in total. The van der Waals surface area contributed by atoms with Crippen LogP contribution in [0.2, 0.25) is 5.02 Å². The first kappa shape index (κ1) is 18.0. The smallest absolute Gasteiger partial charge is 0.339 e. The van der Waals surface area contributed by atoms with E-state index in [9.17, 15) is 14.0 Å². The van der Waals surface area contributed by atoms with Gasteiger partial charge in [0.25, 0.3) is 5.91 Å². The maximum atomic E-state index is 13.0. The van der Waals surface area contributed by atoms with Crippen molar-refractivity contribution in [2.45, 2.75) is 13.0 Å². The molecule has 1 aliphatic rings. The summed E-state index contributed by atoms with van der Waals surface area (Å²) in [5.41, 5.74) is 0.453. The lowest BCUT2D eigenvalue weighted by Crippen LogP contribution is -2.30. The number of fused-ring (bicyclic) bond motifs is 1. The standard InChI is InChI=1S/C18H15ClFNO5/c1-10(17(22)21-14-4-3-12(20)9-13(14)19)26-18(23)11-2-5-15-16(8-11)25-7-6-24-15/h2-5,8-10H,6-7H2,1H3,(H,21,22)/t10-/m1/s1. The zero-order valence-corrected chi connectivity index (χ0v) is 14.5. The summed E-state index contributed by atoms with van der Waals surface area (Å²) in [6, 6.07) is 8.19. The van der Waals surface area contributed by atoms with E-state index in [2.05, 4.69) is 5.32 Å². The Morgan fingerprint density at radius 2 is 1.88 bits per heavy atom. The first-order valence-corrected chi connectivity index (χ1v) is 8.18. The van der Waals surface area contributed by atoms with Crippen molar-refractivity contribution >= 4 is 29.2 Å². The van der Waals surface area contributed by atoms with Gasteiger partial charge in [0.15, 0.2) is 17.6 Å². The van der Waals surface area contributed by atoms with E-state index in [-0.39, 0.29) is 16.3 Å². The largest absolute Gasteiger partial charge is 0.486 e. The highest BCUT2D eigenvalue weighted by atomic mass is 35.5. The molecule has 1 aliphatic heterocycles. The number of esters is 1. The van der Waals surface area contributed by atoms with E-state index in [0.717, 1.165) is 12.1 Å². The molecule has 2 aromatic carbocycles. The van der Waals surface area contributed by atoms with Gasteiger partial charge in [-0.25, -0.2) is 9.18 Å². The molecule has 0 saturated carbocycles. The molecular formula is C18H15ClFNO5. The van der Waals surface area contributed by atoms with Crippen molar-refractivity contribution in [3.05, 3.63) is 52.8 Å². The molecular weight excluding hydrogens is 365 g/mol. The Morgan fingerprint density at radius 1 is 1.15 bits per heavy atom. The quantitative estimate of drug-likeness (QED) is 0.824. The van der Waals surface area contributed by atoms with E-state index >= 15 is 0 Å². The van der Waals surface area contributed by atoms with Gasteiger partial charge >= 0.3 is 5.97 Å².